The van der Waals surface area contributed by atoms with Crippen LogP contribution in [-0.2, 0) is 11.3 Å². The first kappa shape index (κ1) is 13.5. The lowest BCUT2D eigenvalue weighted by Gasteiger charge is -2.17. The van der Waals surface area contributed by atoms with E-state index < -0.39 is 0 Å². The van der Waals surface area contributed by atoms with Gasteiger partial charge in [0, 0.05) is 27.2 Å². The molecule has 1 aromatic rings. The van der Waals surface area contributed by atoms with Crippen LogP contribution in [0, 0.1) is 6.92 Å². The largest absolute Gasteiger partial charge is 0.383 e. The Morgan fingerprint density at radius 3 is 2.59 bits per heavy atom. The van der Waals surface area contributed by atoms with Crippen LogP contribution >= 0.6 is 0 Å². The Labute approximate surface area is 103 Å². The predicted molar refractivity (Wildman–Crippen MR) is 67.9 cm³/mol. The highest BCUT2D eigenvalue weighted by Crippen LogP contribution is 2.02. The fourth-order valence-corrected chi connectivity index (χ4v) is 1.35. The van der Waals surface area contributed by atoms with E-state index in [1.807, 2.05) is 31.2 Å². The number of urea groups is 1. The molecule has 0 heterocycles. The number of benzene rings is 1. The molecule has 17 heavy (non-hydrogen) atoms. The minimum Gasteiger partial charge on any atom is -0.383 e. The third-order valence-electron chi connectivity index (χ3n) is 2.54. The minimum absolute atomic E-state index is 0.0809. The highest BCUT2D eigenvalue weighted by atomic mass is 16.5. The van der Waals surface area contributed by atoms with Gasteiger partial charge in [-0.15, -0.1) is 0 Å². The number of rotatable bonds is 5. The molecule has 1 rings (SSSR count). The van der Waals surface area contributed by atoms with Crippen molar-refractivity contribution in [1.82, 2.24) is 10.2 Å². The van der Waals surface area contributed by atoms with Gasteiger partial charge in [0.25, 0.3) is 0 Å². The average molecular weight is 236 g/mol. The number of carbonyl (C=O) groups excluding carboxylic acids is 1. The molecule has 0 atom stereocenters. The third-order valence-corrected chi connectivity index (χ3v) is 2.54. The van der Waals surface area contributed by atoms with Crippen molar-refractivity contribution in [3.8, 4) is 0 Å². The van der Waals surface area contributed by atoms with Crippen LogP contribution in [0.2, 0.25) is 0 Å². The number of amides is 2. The van der Waals surface area contributed by atoms with E-state index in [2.05, 4.69) is 5.32 Å². The molecule has 4 nitrogen and oxygen atoms in total. The number of methoxy groups -OCH3 is 1. The Morgan fingerprint density at radius 1 is 1.35 bits per heavy atom. The summed E-state index contributed by atoms with van der Waals surface area (Å²) in [7, 11) is 3.38. The summed E-state index contributed by atoms with van der Waals surface area (Å²) in [5, 5.41) is 2.86. The van der Waals surface area contributed by atoms with Crippen LogP contribution in [0.3, 0.4) is 0 Å². The minimum atomic E-state index is -0.0809. The van der Waals surface area contributed by atoms with Gasteiger partial charge in [0.05, 0.1) is 6.61 Å². The highest BCUT2D eigenvalue weighted by Gasteiger charge is 2.06. The van der Waals surface area contributed by atoms with Crippen LogP contribution in [-0.4, -0.2) is 38.2 Å². The second-order valence-corrected chi connectivity index (χ2v) is 4.06. The molecule has 0 bridgehead atoms. The summed E-state index contributed by atoms with van der Waals surface area (Å²) >= 11 is 0. The van der Waals surface area contributed by atoms with Crippen molar-refractivity contribution < 1.29 is 9.53 Å². The Kier molecular flexibility index (Phi) is 5.49. The molecule has 1 N–H and O–H groups in total. The Morgan fingerprint density at radius 2 is 2.00 bits per heavy atom. The molecule has 2 amide bonds. The first-order chi connectivity index (χ1) is 8.13. The molecule has 0 aliphatic heterocycles. The van der Waals surface area contributed by atoms with Crippen molar-refractivity contribution in [3.05, 3.63) is 35.4 Å². The number of ether oxygens (including phenoxy) is 1. The molecule has 0 aromatic heterocycles. The Bertz CT molecular complexity index is 349. The number of aryl methyl sites for hydroxylation is 1. The van der Waals surface area contributed by atoms with E-state index in [0.29, 0.717) is 19.7 Å². The van der Waals surface area contributed by atoms with E-state index >= 15 is 0 Å². The zero-order valence-electron chi connectivity index (χ0n) is 10.7. The standard InChI is InChI=1S/C13H20N2O2/c1-11-4-6-12(7-5-11)10-14-13(16)15(2)8-9-17-3/h4-7H,8-10H2,1-3H3,(H,14,16). The molecule has 94 valence electrons. The molecule has 0 unspecified atom stereocenters. The van der Waals surface area contributed by atoms with Gasteiger partial charge in [0.2, 0.25) is 0 Å². The van der Waals surface area contributed by atoms with Gasteiger partial charge in [-0.3, -0.25) is 0 Å². The summed E-state index contributed by atoms with van der Waals surface area (Å²) in [6, 6.07) is 8.03. The van der Waals surface area contributed by atoms with Crippen LogP contribution in [0.1, 0.15) is 11.1 Å². The SMILES string of the molecule is COCCN(C)C(=O)NCc1ccc(C)cc1. The van der Waals surface area contributed by atoms with Crippen LogP contribution in [0.15, 0.2) is 24.3 Å². The fraction of sp³-hybridized carbons (Fsp3) is 0.462. The zero-order chi connectivity index (χ0) is 12.7. The maximum Gasteiger partial charge on any atom is 0.317 e. The zero-order valence-corrected chi connectivity index (χ0v) is 10.7. The Balaban J connectivity index is 2.34. The number of hydrogen-bond acceptors (Lipinski definition) is 2. The molecule has 1 aromatic carbocycles. The molecular weight excluding hydrogens is 216 g/mol. The fourth-order valence-electron chi connectivity index (χ4n) is 1.35. The number of likely N-dealkylation sites (N-methyl/N-ethyl adjacent to an activating group) is 1. The first-order valence-corrected chi connectivity index (χ1v) is 5.67. The molecule has 0 saturated carbocycles. The van der Waals surface area contributed by atoms with Crippen LogP contribution in [0.25, 0.3) is 0 Å². The maximum absolute atomic E-state index is 11.6. The molecule has 0 radical (unpaired) electrons. The quantitative estimate of drug-likeness (QED) is 0.846. The van der Waals surface area contributed by atoms with Crippen LogP contribution < -0.4 is 5.32 Å². The van der Waals surface area contributed by atoms with Gasteiger partial charge in [-0.05, 0) is 12.5 Å². The molecule has 0 saturated heterocycles. The molecule has 0 aliphatic carbocycles. The average Bonchev–Trinajstić information content (AvgIpc) is 2.34. The smallest absolute Gasteiger partial charge is 0.317 e. The summed E-state index contributed by atoms with van der Waals surface area (Å²) < 4.78 is 4.92. The normalized spacial score (nSPS) is 10.1. The van der Waals surface area contributed by atoms with Gasteiger partial charge in [-0.25, -0.2) is 4.79 Å². The van der Waals surface area contributed by atoms with E-state index in [9.17, 15) is 4.79 Å². The van der Waals surface area contributed by atoms with Crippen molar-refractivity contribution in [2.24, 2.45) is 0 Å². The molecule has 4 heteroatoms. The molecular formula is C13H20N2O2. The van der Waals surface area contributed by atoms with Crippen molar-refractivity contribution in [2.75, 3.05) is 27.3 Å². The lowest BCUT2D eigenvalue weighted by atomic mass is 10.1. The van der Waals surface area contributed by atoms with Crippen molar-refractivity contribution in [3.63, 3.8) is 0 Å². The van der Waals surface area contributed by atoms with Crippen molar-refractivity contribution in [2.45, 2.75) is 13.5 Å². The molecule has 0 spiro atoms. The lowest BCUT2D eigenvalue weighted by Crippen LogP contribution is -2.38. The van der Waals surface area contributed by atoms with Gasteiger partial charge in [-0.2, -0.15) is 0 Å². The predicted octanol–water partition coefficient (Wildman–Crippen LogP) is 1.78. The van der Waals surface area contributed by atoms with Crippen molar-refractivity contribution >= 4 is 6.03 Å². The monoisotopic (exact) mass is 236 g/mol. The summed E-state index contributed by atoms with van der Waals surface area (Å²) in [6.07, 6.45) is 0. The molecule has 0 fully saturated rings. The first-order valence-electron chi connectivity index (χ1n) is 5.67. The van der Waals surface area contributed by atoms with Gasteiger partial charge >= 0.3 is 6.03 Å². The highest BCUT2D eigenvalue weighted by molar-refractivity contribution is 5.73. The summed E-state index contributed by atoms with van der Waals surface area (Å²) in [5.41, 5.74) is 2.32. The van der Waals surface area contributed by atoms with Gasteiger partial charge < -0.3 is 15.0 Å². The topological polar surface area (TPSA) is 41.6 Å². The number of carbonyl (C=O) groups is 1. The second kappa shape index (κ2) is 6.91. The van der Waals surface area contributed by atoms with Crippen LogP contribution in [0.5, 0.6) is 0 Å². The third kappa shape index (κ3) is 4.87. The lowest BCUT2D eigenvalue weighted by molar-refractivity contribution is 0.159. The summed E-state index contributed by atoms with van der Waals surface area (Å²) in [6.45, 7) is 3.74. The number of hydrogen-bond donors (Lipinski definition) is 1. The van der Waals surface area contributed by atoms with E-state index in [1.165, 1.54) is 5.56 Å². The summed E-state index contributed by atoms with van der Waals surface area (Å²) in [5.74, 6) is 0. The summed E-state index contributed by atoms with van der Waals surface area (Å²) in [4.78, 5) is 13.3. The maximum atomic E-state index is 11.6. The van der Waals surface area contributed by atoms with E-state index in [4.69, 9.17) is 4.74 Å². The van der Waals surface area contributed by atoms with E-state index in [-0.39, 0.29) is 6.03 Å². The number of nitrogens with one attached hydrogen (secondary N) is 1. The van der Waals surface area contributed by atoms with Gasteiger partial charge in [-0.1, -0.05) is 29.8 Å². The van der Waals surface area contributed by atoms with Gasteiger partial charge in [0.1, 0.15) is 0 Å². The van der Waals surface area contributed by atoms with Gasteiger partial charge in [0.15, 0.2) is 0 Å². The van der Waals surface area contributed by atoms with E-state index in [0.717, 1.165) is 5.56 Å². The molecule has 0 aliphatic rings. The van der Waals surface area contributed by atoms with Crippen molar-refractivity contribution in [1.29, 1.82) is 0 Å². The van der Waals surface area contributed by atoms with E-state index in [1.54, 1.807) is 19.1 Å². The number of nitrogens with zero attached hydrogens (tertiary/aromatic N) is 1. The van der Waals surface area contributed by atoms with Crippen LogP contribution in [0.4, 0.5) is 4.79 Å². The second-order valence-electron chi connectivity index (χ2n) is 4.06. The Hall–Kier alpha value is -1.55.